The smallest absolute Gasteiger partial charge is 0.243 e. The summed E-state index contributed by atoms with van der Waals surface area (Å²) in [4.78, 5) is 29.1. The fourth-order valence-corrected chi connectivity index (χ4v) is 6.14. The molecule has 0 heterocycles. The van der Waals surface area contributed by atoms with E-state index in [0.717, 1.165) is 31.2 Å². The lowest BCUT2D eigenvalue weighted by Gasteiger charge is -2.33. The largest absolute Gasteiger partial charge is 0.352 e. The highest BCUT2D eigenvalue weighted by atomic mass is 35.5. The number of carbonyl (C=O) groups is 2. The minimum Gasteiger partial charge on any atom is -0.352 e. The number of halogens is 3. The van der Waals surface area contributed by atoms with Crippen molar-refractivity contribution in [1.29, 1.82) is 0 Å². The molecule has 8 heteroatoms. The number of thioether (sulfide) groups is 1. The molecule has 0 aromatic heterocycles. The van der Waals surface area contributed by atoms with Gasteiger partial charge in [0.15, 0.2) is 0 Å². The first-order chi connectivity index (χ1) is 18.4. The minimum atomic E-state index is -0.757. The van der Waals surface area contributed by atoms with Crippen LogP contribution in [0, 0.1) is 5.82 Å². The minimum absolute atomic E-state index is 0.0818. The van der Waals surface area contributed by atoms with Crippen LogP contribution in [-0.4, -0.2) is 34.6 Å². The maximum atomic E-state index is 14.1. The third kappa shape index (κ3) is 7.75. The Bertz CT molecular complexity index is 1220. The van der Waals surface area contributed by atoms with E-state index in [2.05, 4.69) is 5.32 Å². The normalized spacial score (nSPS) is 14.3. The predicted molar refractivity (Wildman–Crippen MR) is 154 cm³/mol. The zero-order valence-corrected chi connectivity index (χ0v) is 23.4. The van der Waals surface area contributed by atoms with E-state index < -0.39 is 6.04 Å². The first kappa shape index (κ1) is 28.5. The van der Waals surface area contributed by atoms with E-state index in [0.29, 0.717) is 33.3 Å². The summed E-state index contributed by atoms with van der Waals surface area (Å²) in [5, 5.41) is 4.05. The van der Waals surface area contributed by atoms with Gasteiger partial charge in [0.2, 0.25) is 11.8 Å². The predicted octanol–water partition coefficient (Wildman–Crippen LogP) is 7.06. The third-order valence-corrected chi connectivity index (χ3v) is 8.48. The van der Waals surface area contributed by atoms with Crippen molar-refractivity contribution in [2.75, 3.05) is 5.75 Å². The van der Waals surface area contributed by atoms with Crippen molar-refractivity contribution >= 4 is 46.8 Å². The Morgan fingerprint density at radius 2 is 1.61 bits per heavy atom. The summed E-state index contributed by atoms with van der Waals surface area (Å²) in [7, 11) is 0. The lowest BCUT2D eigenvalue weighted by Crippen LogP contribution is -2.52. The second-order valence-corrected chi connectivity index (χ2v) is 11.3. The SMILES string of the molecule is O=C(NC1CCCC1)C(Cc1ccccc1)N(Cc1c(Cl)cccc1Cl)C(=O)CSCc1ccccc1F. The number of rotatable bonds is 11. The number of hydrogen-bond acceptors (Lipinski definition) is 3. The molecule has 1 atom stereocenters. The summed E-state index contributed by atoms with van der Waals surface area (Å²) in [5.41, 5.74) is 2.07. The van der Waals surface area contributed by atoms with Crippen LogP contribution < -0.4 is 5.32 Å². The van der Waals surface area contributed by atoms with E-state index in [1.807, 2.05) is 30.3 Å². The maximum Gasteiger partial charge on any atom is 0.243 e. The van der Waals surface area contributed by atoms with Gasteiger partial charge in [-0.05, 0) is 42.2 Å². The van der Waals surface area contributed by atoms with E-state index in [-0.39, 0.29) is 36.0 Å². The summed E-state index contributed by atoms with van der Waals surface area (Å²) in [6.45, 7) is 0.0905. The number of nitrogens with one attached hydrogen (secondary N) is 1. The fraction of sp³-hybridized carbons (Fsp3) is 0.333. The van der Waals surface area contributed by atoms with Crippen LogP contribution in [0.3, 0.4) is 0 Å². The van der Waals surface area contributed by atoms with E-state index >= 15 is 0 Å². The molecule has 200 valence electrons. The lowest BCUT2D eigenvalue weighted by atomic mass is 10.0. The van der Waals surface area contributed by atoms with Gasteiger partial charge in [0.1, 0.15) is 11.9 Å². The number of hydrogen-bond donors (Lipinski definition) is 1. The first-order valence-electron chi connectivity index (χ1n) is 12.8. The van der Waals surface area contributed by atoms with Gasteiger partial charge < -0.3 is 10.2 Å². The zero-order chi connectivity index (χ0) is 26.9. The summed E-state index contributed by atoms with van der Waals surface area (Å²) in [5.74, 6) is -0.291. The van der Waals surface area contributed by atoms with Crippen LogP contribution in [0.25, 0.3) is 0 Å². The fourth-order valence-electron chi connectivity index (χ4n) is 4.72. The van der Waals surface area contributed by atoms with Crippen LogP contribution in [-0.2, 0) is 28.3 Å². The molecular formula is C30H31Cl2FN2O2S. The molecule has 1 fully saturated rings. The van der Waals surface area contributed by atoms with Gasteiger partial charge in [-0.1, -0.05) is 90.6 Å². The van der Waals surface area contributed by atoms with E-state index in [4.69, 9.17) is 23.2 Å². The van der Waals surface area contributed by atoms with Crippen molar-refractivity contribution in [3.05, 3.63) is 105 Å². The number of nitrogens with zero attached hydrogens (tertiary/aromatic N) is 1. The highest BCUT2D eigenvalue weighted by Crippen LogP contribution is 2.28. The van der Waals surface area contributed by atoms with E-state index in [1.54, 1.807) is 41.3 Å². The van der Waals surface area contributed by atoms with Gasteiger partial charge in [-0.15, -0.1) is 11.8 Å². The van der Waals surface area contributed by atoms with Gasteiger partial charge in [-0.3, -0.25) is 9.59 Å². The third-order valence-electron chi connectivity index (χ3n) is 6.80. The number of benzene rings is 3. The highest BCUT2D eigenvalue weighted by Gasteiger charge is 2.32. The average Bonchev–Trinajstić information content (AvgIpc) is 3.42. The molecule has 0 saturated heterocycles. The first-order valence-corrected chi connectivity index (χ1v) is 14.7. The highest BCUT2D eigenvalue weighted by molar-refractivity contribution is 7.99. The molecule has 1 N–H and O–H groups in total. The molecule has 3 aromatic rings. The molecule has 0 spiro atoms. The topological polar surface area (TPSA) is 49.4 Å². The molecule has 0 bridgehead atoms. The Kier molecular flexibility index (Phi) is 10.5. The summed E-state index contributed by atoms with van der Waals surface area (Å²) in [6, 6.07) is 20.7. The summed E-state index contributed by atoms with van der Waals surface area (Å²) in [6.07, 6.45) is 4.39. The van der Waals surface area contributed by atoms with Gasteiger partial charge in [0, 0.05) is 40.4 Å². The Balaban J connectivity index is 1.61. The molecule has 0 radical (unpaired) electrons. The second-order valence-electron chi connectivity index (χ2n) is 9.50. The van der Waals surface area contributed by atoms with Crippen LogP contribution in [0.4, 0.5) is 4.39 Å². The Hall–Kier alpha value is -2.54. The molecule has 4 nitrogen and oxygen atoms in total. The van der Waals surface area contributed by atoms with Crippen molar-refractivity contribution in [2.24, 2.45) is 0 Å². The van der Waals surface area contributed by atoms with Gasteiger partial charge >= 0.3 is 0 Å². The Morgan fingerprint density at radius 1 is 0.947 bits per heavy atom. The molecule has 1 unspecified atom stereocenters. The molecule has 1 aliphatic rings. The van der Waals surface area contributed by atoms with E-state index in [9.17, 15) is 14.0 Å². The molecule has 38 heavy (non-hydrogen) atoms. The van der Waals surface area contributed by atoms with Crippen LogP contribution in [0.2, 0.25) is 10.0 Å². The van der Waals surface area contributed by atoms with Crippen molar-refractivity contribution in [3.8, 4) is 0 Å². The Morgan fingerprint density at radius 3 is 2.29 bits per heavy atom. The molecule has 1 saturated carbocycles. The summed E-state index contributed by atoms with van der Waals surface area (Å²) >= 11 is 14.3. The number of carbonyl (C=O) groups excluding carboxylic acids is 2. The van der Waals surface area contributed by atoms with Gasteiger partial charge in [-0.25, -0.2) is 4.39 Å². The van der Waals surface area contributed by atoms with Crippen LogP contribution >= 0.6 is 35.0 Å². The molecule has 2 amide bonds. The standard InChI is InChI=1S/C30H31Cl2FN2O2S/c31-25-14-8-15-26(32)24(25)18-35(29(36)20-38-19-22-11-4-7-16-27(22)33)28(17-21-9-2-1-3-10-21)30(37)34-23-12-5-6-13-23/h1-4,7-11,14-16,23,28H,5-6,12-13,17-20H2,(H,34,37). The monoisotopic (exact) mass is 572 g/mol. The summed E-state index contributed by atoms with van der Waals surface area (Å²) < 4.78 is 14.1. The van der Waals surface area contributed by atoms with Crippen molar-refractivity contribution < 1.29 is 14.0 Å². The molecule has 4 rings (SSSR count). The zero-order valence-electron chi connectivity index (χ0n) is 21.0. The number of amides is 2. The van der Waals surface area contributed by atoms with Gasteiger partial charge in [-0.2, -0.15) is 0 Å². The van der Waals surface area contributed by atoms with Crippen LogP contribution in [0.5, 0.6) is 0 Å². The Labute approximate surface area is 237 Å². The van der Waals surface area contributed by atoms with Crippen LogP contribution in [0.15, 0.2) is 72.8 Å². The lowest BCUT2D eigenvalue weighted by molar-refractivity contribution is -0.139. The molecule has 3 aromatic carbocycles. The molecular weight excluding hydrogens is 542 g/mol. The van der Waals surface area contributed by atoms with Crippen molar-refractivity contribution in [3.63, 3.8) is 0 Å². The van der Waals surface area contributed by atoms with Gasteiger partial charge in [0.25, 0.3) is 0 Å². The van der Waals surface area contributed by atoms with Crippen LogP contribution in [0.1, 0.15) is 42.4 Å². The second kappa shape index (κ2) is 14.0. The van der Waals surface area contributed by atoms with E-state index in [1.165, 1.54) is 17.8 Å². The van der Waals surface area contributed by atoms with Crippen molar-refractivity contribution in [2.45, 2.75) is 56.5 Å². The molecule has 0 aliphatic heterocycles. The maximum absolute atomic E-state index is 14.1. The van der Waals surface area contributed by atoms with Crippen molar-refractivity contribution in [1.82, 2.24) is 10.2 Å². The quantitative estimate of drug-likeness (QED) is 0.267. The van der Waals surface area contributed by atoms with Gasteiger partial charge in [0.05, 0.1) is 5.75 Å². The molecule has 1 aliphatic carbocycles. The average molecular weight is 574 g/mol.